The number of rotatable bonds is 3. The van der Waals surface area contributed by atoms with Gasteiger partial charge in [0.25, 0.3) is 5.56 Å². The number of benzene rings is 1. The van der Waals surface area contributed by atoms with Crippen molar-refractivity contribution in [1.82, 2.24) is 29.9 Å². The molecule has 0 saturated carbocycles. The minimum atomic E-state index is -0.433. The fourth-order valence-corrected chi connectivity index (χ4v) is 4.33. The second kappa shape index (κ2) is 8.39. The zero-order valence-corrected chi connectivity index (χ0v) is 20.5. The van der Waals surface area contributed by atoms with Crippen molar-refractivity contribution >= 4 is 17.1 Å². The maximum atomic E-state index is 12.8. The van der Waals surface area contributed by atoms with Crippen LogP contribution in [0.3, 0.4) is 0 Å². The van der Waals surface area contributed by atoms with Crippen molar-refractivity contribution in [2.45, 2.75) is 72.3 Å². The largest absolute Gasteiger partial charge is 0.342 e. The van der Waals surface area contributed by atoms with E-state index in [1.54, 1.807) is 4.68 Å². The van der Waals surface area contributed by atoms with Crippen molar-refractivity contribution < 1.29 is 4.79 Å². The lowest BCUT2D eigenvalue weighted by molar-refractivity contribution is -0.140. The fourth-order valence-electron chi connectivity index (χ4n) is 4.33. The van der Waals surface area contributed by atoms with Gasteiger partial charge in [0.2, 0.25) is 5.91 Å². The van der Waals surface area contributed by atoms with Crippen LogP contribution >= 0.6 is 0 Å². The van der Waals surface area contributed by atoms with Gasteiger partial charge in [0.1, 0.15) is 5.82 Å². The molecule has 1 atom stereocenters. The molecule has 0 radical (unpaired) electrons. The summed E-state index contributed by atoms with van der Waals surface area (Å²) >= 11 is 0. The van der Waals surface area contributed by atoms with Gasteiger partial charge in [0.15, 0.2) is 11.2 Å². The topological polar surface area (TPSA) is 96.8 Å². The summed E-state index contributed by atoms with van der Waals surface area (Å²) in [5, 5.41) is 8.28. The van der Waals surface area contributed by atoms with E-state index in [0.717, 1.165) is 24.9 Å². The number of likely N-dealkylation sites (tertiary alicyclic amines) is 1. The molecule has 4 rings (SSSR count). The van der Waals surface area contributed by atoms with Crippen molar-refractivity contribution in [2.75, 3.05) is 13.1 Å². The normalized spacial score (nSPS) is 17.5. The van der Waals surface area contributed by atoms with Crippen molar-refractivity contribution in [3.05, 3.63) is 51.6 Å². The Labute approximate surface area is 194 Å². The first kappa shape index (κ1) is 23.1. The third kappa shape index (κ3) is 4.84. The van der Waals surface area contributed by atoms with Crippen molar-refractivity contribution in [3.8, 4) is 0 Å². The quantitative estimate of drug-likeness (QED) is 0.657. The predicted molar refractivity (Wildman–Crippen MR) is 128 cm³/mol. The number of aromatic nitrogens is 5. The summed E-state index contributed by atoms with van der Waals surface area (Å²) in [5.74, 6) is 0.711. The first-order chi connectivity index (χ1) is 15.4. The number of nitrogens with zero attached hydrogens (tertiary/aromatic N) is 5. The van der Waals surface area contributed by atoms with Crippen LogP contribution in [0.2, 0.25) is 0 Å². The molecule has 3 heterocycles. The van der Waals surface area contributed by atoms with Gasteiger partial charge >= 0.3 is 0 Å². The molecule has 3 aromatic rings. The first-order valence-electron chi connectivity index (χ1n) is 11.7. The summed E-state index contributed by atoms with van der Waals surface area (Å²) in [6, 6.07) is 8.42. The molecule has 1 aromatic carbocycles. The predicted octanol–water partition coefficient (Wildman–Crippen LogP) is 3.61. The van der Waals surface area contributed by atoms with E-state index in [4.69, 9.17) is 4.98 Å². The summed E-state index contributed by atoms with van der Waals surface area (Å²) in [4.78, 5) is 35.1. The van der Waals surface area contributed by atoms with Crippen LogP contribution in [0.5, 0.6) is 0 Å². The molecule has 2 aromatic heterocycles. The molecule has 0 aliphatic carbocycles. The number of amides is 1. The molecule has 1 amide bonds. The van der Waals surface area contributed by atoms with Crippen LogP contribution < -0.4 is 5.56 Å². The average Bonchev–Trinajstić information content (AvgIpc) is 3.15. The number of hydrogen-bond donors (Lipinski definition) is 1. The van der Waals surface area contributed by atoms with E-state index in [1.807, 2.05) is 25.7 Å². The zero-order valence-electron chi connectivity index (χ0n) is 20.5. The second-order valence-corrected chi connectivity index (χ2v) is 11.2. The highest BCUT2D eigenvalue weighted by Crippen LogP contribution is 2.28. The second-order valence-electron chi connectivity index (χ2n) is 11.2. The number of piperidine rings is 1. The van der Waals surface area contributed by atoms with Gasteiger partial charge < -0.3 is 9.88 Å². The minimum absolute atomic E-state index is 0.0171. The number of nitrogens with one attached hydrogen (secondary N) is 1. The van der Waals surface area contributed by atoms with Gasteiger partial charge in [-0.15, -0.1) is 5.10 Å². The van der Waals surface area contributed by atoms with Gasteiger partial charge in [-0.25, -0.2) is 9.67 Å². The summed E-state index contributed by atoms with van der Waals surface area (Å²) in [7, 11) is 0. The van der Waals surface area contributed by atoms with Gasteiger partial charge in [-0.1, -0.05) is 71.0 Å². The highest BCUT2D eigenvalue weighted by Gasteiger charge is 2.32. The molecule has 0 unspecified atom stereocenters. The lowest BCUT2D eigenvalue weighted by Crippen LogP contribution is -2.45. The standard InChI is InChI=1S/C25H34N6O2/c1-24(2,3)18-11-9-16(10-12-18)14-31-21-19(28-29-31)22(32)27-20(26-21)17-8-7-13-30(15-17)23(33)25(4,5)6/h9-12,17H,7-8,13-15H2,1-6H3,(H,26,27,32)/t17-/m0/s1. The third-order valence-electron chi connectivity index (χ3n) is 6.28. The van der Waals surface area contributed by atoms with Crippen LogP contribution in [-0.4, -0.2) is 48.9 Å². The molecule has 0 bridgehead atoms. The number of H-pyrrole nitrogens is 1. The highest BCUT2D eigenvalue weighted by molar-refractivity contribution is 5.81. The number of carbonyl (C=O) groups excluding carboxylic acids is 1. The zero-order chi connectivity index (χ0) is 24.0. The van der Waals surface area contributed by atoms with Crippen LogP contribution in [-0.2, 0) is 16.8 Å². The van der Waals surface area contributed by atoms with Crippen LogP contribution in [0, 0.1) is 5.41 Å². The van der Waals surface area contributed by atoms with E-state index in [9.17, 15) is 9.59 Å². The molecule has 33 heavy (non-hydrogen) atoms. The average molecular weight is 451 g/mol. The van der Waals surface area contributed by atoms with E-state index in [2.05, 4.69) is 60.3 Å². The number of carbonyl (C=O) groups is 1. The molecule has 8 nitrogen and oxygen atoms in total. The smallest absolute Gasteiger partial charge is 0.281 e. The van der Waals surface area contributed by atoms with Crippen LogP contribution in [0.4, 0.5) is 0 Å². The Bertz CT molecular complexity index is 1210. The Morgan fingerprint density at radius 3 is 2.45 bits per heavy atom. The van der Waals surface area contributed by atoms with Crippen LogP contribution in [0.25, 0.3) is 11.2 Å². The maximum absolute atomic E-state index is 12.8. The van der Waals surface area contributed by atoms with E-state index in [0.29, 0.717) is 24.6 Å². The van der Waals surface area contributed by atoms with Gasteiger partial charge in [0.05, 0.1) is 6.54 Å². The number of fused-ring (bicyclic) bond motifs is 1. The molecular formula is C25H34N6O2. The fraction of sp³-hybridized carbons (Fsp3) is 0.560. The van der Waals surface area contributed by atoms with E-state index < -0.39 is 5.41 Å². The Kier molecular flexibility index (Phi) is 5.88. The minimum Gasteiger partial charge on any atom is -0.342 e. The summed E-state index contributed by atoms with van der Waals surface area (Å²) in [6.45, 7) is 14.1. The molecular weight excluding hydrogens is 416 g/mol. The highest BCUT2D eigenvalue weighted by atomic mass is 16.2. The molecule has 1 fully saturated rings. The van der Waals surface area contributed by atoms with E-state index in [-0.39, 0.29) is 28.3 Å². The van der Waals surface area contributed by atoms with Crippen LogP contribution in [0.1, 0.15) is 77.3 Å². The molecule has 8 heteroatoms. The summed E-state index contributed by atoms with van der Waals surface area (Å²) in [5.41, 5.74) is 2.42. The molecule has 1 aliphatic heterocycles. The van der Waals surface area contributed by atoms with Crippen molar-refractivity contribution in [2.24, 2.45) is 5.41 Å². The Morgan fingerprint density at radius 1 is 1.12 bits per heavy atom. The Morgan fingerprint density at radius 2 is 1.82 bits per heavy atom. The van der Waals surface area contributed by atoms with Gasteiger partial charge in [-0.05, 0) is 29.4 Å². The number of aromatic amines is 1. The van der Waals surface area contributed by atoms with Gasteiger partial charge in [-0.3, -0.25) is 9.59 Å². The lowest BCUT2D eigenvalue weighted by Gasteiger charge is -2.36. The third-order valence-corrected chi connectivity index (χ3v) is 6.28. The van der Waals surface area contributed by atoms with Gasteiger partial charge in [-0.2, -0.15) is 0 Å². The first-order valence-corrected chi connectivity index (χ1v) is 11.7. The van der Waals surface area contributed by atoms with E-state index >= 15 is 0 Å². The van der Waals surface area contributed by atoms with Gasteiger partial charge in [0, 0.05) is 24.4 Å². The van der Waals surface area contributed by atoms with Crippen molar-refractivity contribution in [1.29, 1.82) is 0 Å². The summed E-state index contributed by atoms with van der Waals surface area (Å²) in [6.07, 6.45) is 1.75. The molecule has 1 aliphatic rings. The molecule has 0 spiro atoms. The molecule has 176 valence electrons. The lowest BCUT2D eigenvalue weighted by atomic mass is 9.87. The SMILES string of the molecule is CC(C)(C)C(=O)N1CCC[C@H](c2nc3c(nnn3Cc3ccc(C(C)(C)C)cc3)c(=O)[nH]2)C1. The number of hydrogen-bond acceptors (Lipinski definition) is 5. The van der Waals surface area contributed by atoms with Crippen molar-refractivity contribution in [3.63, 3.8) is 0 Å². The Hall–Kier alpha value is -3.03. The molecule has 1 saturated heterocycles. The monoisotopic (exact) mass is 450 g/mol. The summed E-state index contributed by atoms with van der Waals surface area (Å²) < 4.78 is 1.68. The van der Waals surface area contributed by atoms with E-state index in [1.165, 1.54) is 5.56 Å². The molecule has 1 N–H and O–H groups in total. The maximum Gasteiger partial charge on any atom is 0.281 e. The Balaban J connectivity index is 1.61. The van der Waals surface area contributed by atoms with Crippen LogP contribution in [0.15, 0.2) is 29.1 Å².